The van der Waals surface area contributed by atoms with Gasteiger partial charge < -0.3 is 15.4 Å². The number of alkyl halides is 3. The van der Waals surface area contributed by atoms with Crippen molar-refractivity contribution in [3.63, 3.8) is 0 Å². The number of aromatic nitrogens is 1. The van der Waals surface area contributed by atoms with Crippen molar-refractivity contribution in [1.82, 2.24) is 15.6 Å². The van der Waals surface area contributed by atoms with E-state index in [2.05, 4.69) is 20.6 Å². The number of benzene rings is 1. The monoisotopic (exact) mass is 514 g/mol. The summed E-state index contributed by atoms with van der Waals surface area (Å²) < 4.78 is 43.0. The second-order valence-corrected chi connectivity index (χ2v) is 6.25. The Morgan fingerprint density at radius 2 is 2.00 bits per heavy atom. The predicted molar refractivity (Wildman–Crippen MR) is 112 cm³/mol. The van der Waals surface area contributed by atoms with Crippen molar-refractivity contribution >= 4 is 41.3 Å². The molecule has 0 atom stereocenters. The summed E-state index contributed by atoms with van der Waals surface area (Å²) in [7, 11) is 1.61. The molecule has 1 aromatic carbocycles. The van der Waals surface area contributed by atoms with Gasteiger partial charge in [-0.2, -0.15) is 13.2 Å². The van der Waals surface area contributed by atoms with Crippen LogP contribution in [0, 0.1) is 0 Å². The maximum atomic E-state index is 12.6. The maximum absolute atomic E-state index is 12.6. The third-order valence-electron chi connectivity index (χ3n) is 3.42. The van der Waals surface area contributed by atoms with Gasteiger partial charge in [-0.3, -0.25) is 0 Å². The summed E-state index contributed by atoms with van der Waals surface area (Å²) in [5.74, 6) is 1.35. The molecule has 0 saturated carbocycles. The van der Waals surface area contributed by atoms with Crippen molar-refractivity contribution in [2.45, 2.75) is 26.1 Å². The van der Waals surface area contributed by atoms with Gasteiger partial charge in [0.25, 0.3) is 0 Å². The highest BCUT2D eigenvalue weighted by Crippen LogP contribution is 2.30. The summed E-state index contributed by atoms with van der Waals surface area (Å²) in [4.78, 5) is 8.10. The average molecular weight is 514 g/mol. The number of nitrogens with zero attached hydrogens (tertiary/aromatic N) is 2. The molecular weight excluding hydrogens is 492 g/mol. The molecule has 2 N–H and O–H groups in total. The van der Waals surface area contributed by atoms with E-state index in [4.69, 9.17) is 4.74 Å². The molecule has 2 rings (SSSR count). The van der Waals surface area contributed by atoms with Crippen LogP contribution in [-0.2, 0) is 19.1 Å². The number of halogens is 4. The van der Waals surface area contributed by atoms with Crippen LogP contribution in [0.25, 0.3) is 0 Å². The van der Waals surface area contributed by atoms with Gasteiger partial charge in [0.15, 0.2) is 11.7 Å². The van der Waals surface area contributed by atoms with E-state index < -0.39 is 11.9 Å². The third kappa shape index (κ3) is 7.53. The molecule has 0 saturated heterocycles. The molecule has 0 radical (unpaired) electrons. The molecule has 0 fully saturated rings. The Morgan fingerprint density at radius 3 is 2.63 bits per heavy atom. The van der Waals surface area contributed by atoms with Gasteiger partial charge in [0, 0.05) is 30.5 Å². The lowest BCUT2D eigenvalue weighted by atomic mass is 10.2. The van der Waals surface area contributed by atoms with Gasteiger partial charge in [0.05, 0.1) is 18.7 Å². The molecule has 10 heteroatoms. The second-order valence-electron chi connectivity index (χ2n) is 5.31. The Hall–Kier alpha value is -1.56. The van der Waals surface area contributed by atoms with E-state index in [1.807, 2.05) is 31.2 Å². The molecule has 0 bridgehead atoms. The van der Waals surface area contributed by atoms with Crippen molar-refractivity contribution in [1.29, 1.82) is 0 Å². The summed E-state index contributed by atoms with van der Waals surface area (Å²) in [5.41, 5.74) is 0.108. The molecule has 2 aromatic rings. The number of hydrogen-bond donors (Lipinski definition) is 2. The number of rotatable bonds is 7. The predicted octanol–water partition coefficient (Wildman–Crippen LogP) is 4.09. The number of aliphatic imine (C=N–C) groups is 1. The lowest BCUT2D eigenvalue weighted by molar-refractivity contribution is -0.140. The molecule has 1 aromatic heterocycles. The topological polar surface area (TPSA) is 58.5 Å². The smallest absolute Gasteiger partial charge is 0.434 e. The van der Waals surface area contributed by atoms with Crippen LogP contribution in [-0.4, -0.2) is 31.1 Å². The molecule has 5 nitrogen and oxygen atoms in total. The summed E-state index contributed by atoms with van der Waals surface area (Å²) in [5, 5.41) is 7.69. The second kappa shape index (κ2) is 11.3. The molecule has 27 heavy (non-hydrogen) atoms. The highest BCUT2D eigenvalue weighted by atomic mass is 127. The molecule has 150 valence electrons. The number of methoxy groups -OCH3 is 1. The molecule has 0 spiro atoms. The van der Waals surface area contributed by atoms with Crippen LogP contribution in [0.15, 0.2) is 34.6 Å². The number of hydrogen-bond acceptors (Lipinski definition) is 4. The minimum Gasteiger partial charge on any atom is -0.496 e. The van der Waals surface area contributed by atoms with Gasteiger partial charge in [0.2, 0.25) is 0 Å². The highest BCUT2D eigenvalue weighted by Gasteiger charge is 2.33. The largest absolute Gasteiger partial charge is 0.496 e. The third-order valence-corrected chi connectivity index (χ3v) is 4.33. The van der Waals surface area contributed by atoms with Crippen LogP contribution in [0.5, 0.6) is 5.75 Å². The van der Waals surface area contributed by atoms with Gasteiger partial charge in [-0.15, -0.1) is 35.3 Å². The van der Waals surface area contributed by atoms with E-state index in [9.17, 15) is 13.2 Å². The maximum Gasteiger partial charge on any atom is 0.434 e. The molecule has 0 aliphatic heterocycles. The minimum atomic E-state index is -4.40. The van der Waals surface area contributed by atoms with Crippen LogP contribution in [0.1, 0.15) is 23.2 Å². The summed E-state index contributed by atoms with van der Waals surface area (Å²) >= 11 is 1.01. The van der Waals surface area contributed by atoms with Gasteiger partial charge in [-0.05, 0) is 13.0 Å². The van der Waals surface area contributed by atoms with Crippen LogP contribution in [0.3, 0.4) is 0 Å². The standard InChI is InChI=1S/C17H21F3N4OS.HI/c1-3-21-16(23-10-12-6-4-5-7-13(12)25-2)22-9-8-15-24-14(11-26-15)17(18,19)20;/h4-7,11H,3,8-10H2,1-2H3,(H2,21,22,23);1H. The minimum absolute atomic E-state index is 0. The van der Waals surface area contributed by atoms with Crippen molar-refractivity contribution < 1.29 is 17.9 Å². The van der Waals surface area contributed by atoms with Gasteiger partial charge in [0.1, 0.15) is 5.75 Å². The molecule has 0 unspecified atom stereocenters. The summed E-state index contributed by atoms with van der Waals surface area (Å²) in [6.45, 7) is 3.47. The first-order valence-corrected chi connectivity index (χ1v) is 8.97. The van der Waals surface area contributed by atoms with Crippen molar-refractivity contribution in [2.75, 3.05) is 20.2 Å². The Labute approximate surface area is 177 Å². The molecule has 0 amide bonds. The average Bonchev–Trinajstić information content (AvgIpc) is 3.09. The van der Waals surface area contributed by atoms with E-state index in [1.165, 1.54) is 0 Å². The zero-order valence-electron chi connectivity index (χ0n) is 15.0. The zero-order chi connectivity index (χ0) is 19.0. The number of thiazole rings is 1. The Morgan fingerprint density at radius 1 is 1.26 bits per heavy atom. The first-order valence-electron chi connectivity index (χ1n) is 8.09. The number of para-hydroxylation sites is 1. The Bertz CT molecular complexity index is 737. The molecular formula is C17H22F3IN4OS. The van der Waals surface area contributed by atoms with E-state index in [0.717, 1.165) is 28.0 Å². The fourth-order valence-electron chi connectivity index (χ4n) is 2.18. The van der Waals surface area contributed by atoms with Crippen LogP contribution in [0.2, 0.25) is 0 Å². The van der Waals surface area contributed by atoms with Crippen LogP contribution < -0.4 is 15.4 Å². The van der Waals surface area contributed by atoms with Crippen LogP contribution >= 0.6 is 35.3 Å². The van der Waals surface area contributed by atoms with Crippen molar-refractivity contribution in [2.24, 2.45) is 4.99 Å². The van der Waals surface area contributed by atoms with Gasteiger partial charge >= 0.3 is 6.18 Å². The summed E-state index contributed by atoms with van der Waals surface area (Å²) in [6.07, 6.45) is -4.01. The van der Waals surface area contributed by atoms with Crippen molar-refractivity contribution in [3.8, 4) is 5.75 Å². The lowest BCUT2D eigenvalue weighted by Crippen LogP contribution is -2.38. The Kier molecular flexibility index (Phi) is 9.84. The fraction of sp³-hybridized carbons (Fsp3) is 0.412. The first-order chi connectivity index (χ1) is 12.4. The number of guanidine groups is 1. The lowest BCUT2D eigenvalue weighted by Gasteiger charge is -2.11. The van der Waals surface area contributed by atoms with Crippen LogP contribution in [0.4, 0.5) is 13.2 Å². The molecule has 1 heterocycles. The van der Waals surface area contributed by atoms with Gasteiger partial charge in [-0.1, -0.05) is 18.2 Å². The normalized spacial score (nSPS) is 11.7. The zero-order valence-corrected chi connectivity index (χ0v) is 18.1. The number of ether oxygens (including phenoxy) is 1. The number of nitrogens with one attached hydrogen (secondary N) is 2. The molecule has 0 aliphatic carbocycles. The van der Waals surface area contributed by atoms with Crippen molar-refractivity contribution in [3.05, 3.63) is 45.9 Å². The Balaban J connectivity index is 0.00000364. The fourth-order valence-corrected chi connectivity index (χ4v) is 2.99. The summed E-state index contributed by atoms with van der Waals surface area (Å²) in [6, 6.07) is 7.60. The highest BCUT2D eigenvalue weighted by molar-refractivity contribution is 14.0. The molecule has 0 aliphatic rings. The van der Waals surface area contributed by atoms with E-state index in [0.29, 0.717) is 37.0 Å². The SMILES string of the molecule is CCNC(=NCc1ccccc1OC)NCCc1nc(C(F)(F)F)cs1.I. The van der Waals surface area contributed by atoms with E-state index >= 15 is 0 Å². The van der Waals surface area contributed by atoms with E-state index in [1.54, 1.807) is 7.11 Å². The quantitative estimate of drug-likeness (QED) is 0.332. The van der Waals surface area contributed by atoms with Gasteiger partial charge in [-0.25, -0.2) is 9.98 Å². The van der Waals surface area contributed by atoms with E-state index in [-0.39, 0.29) is 24.0 Å². The first kappa shape index (κ1) is 23.5.